The van der Waals surface area contributed by atoms with Crippen LogP contribution in [0.3, 0.4) is 0 Å². The van der Waals surface area contributed by atoms with Gasteiger partial charge in [0.25, 0.3) is 0 Å². The van der Waals surface area contributed by atoms with Crippen molar-refractivity contribution in [3.8, 4) is 0 Å². The Bertz CT molecular complexity index is 573. The second kappa shape index (κ2) is 8.70. The third kappa shape index (κ3) is 4.62. The van der Waals surface area contributed by atoms with Gasteiger partial charge in [-0.1, -0.05) is 75.9 Å². The normalized spacial score (nSPS) is 24.4. The number of benzene rings is 1. The Morgan fingerprint density at radius 1 is 0.833 bits per heavy atom. The highest BCUT2D eigenvalue weighted by Crippen LogP contribution is 2.34. The zero-order valence-corrected chi connectivity index (χ0v) is 15.7. The summed E-state index contributed by atoms with van der Waals surface area (Å²) >= 11 is 0. The number of hydrogen-bond donors (Lipinski definition) is 0. The van der Waals surface area contributed by atoms with Crippen molar-refractivity contribution >= 4 is 11.1 Å². The first kappa shape index (κ1) is 17.5. The molecule has 0 spiro atoms. The molecule has 0 heteroatoms. The van der Waals surface area contributed by atoms with Crippen LogP contribution in [0.1, 0.15) is 89.2 Å². The Kier molecular flexibility index (Phi) is 6.35. The predicted octanol–water partition coefficient (Wildman–Crippen LogP) is 7.65. The molecule has 2 unspecified atom stereocenters. The third-order valence-electron chi connectivity index (χ3n) is 6.04. The molecule has 0 saturated carbocycles. The molecule has 0 N–H and O–H groups in total. The van der Waals surface area contributed by atoms with E-state index in [0.29, 0.717) is 0 Å². The minimum Gasteiger partial charge on any atom is -0.0805 e. The summed E-state index contributed by atoms with van der Waals surface area (Å²) in [4.78, 5) is 0. The van der Waals surface area contributed by atoms with Crippen LogP contribution in [0.5, 0.6) is 0 Å². The van der Waals surface area contributed by atoms with E-state index in [2.05, 4.69) is 50.3 Å². The van der Waals surface area contributed by atoms with Crippen molar-refractivity contribution < 1.29 is 0 Å². The largest absolute Gasteiger partial charge is 0.0805 e. The topological polar surface area (TPSA) is 0 Å². The summed E-state index contributed by atoms with van der Waals surface area (Å²) in [5, 5.41) is 0. The van der Waals surface area contributed by atoms with E-state index in [1.807, 2.05) is 0 Å². The van der Waals surface area contributed by atoms with Gasteiger partial charge in [-0.2, -0.15) is 0 Å². The predicted molar refractivity (Wildman–Crippen MR) is 107 cm³/mol. The molecule has 0 nitrogen and oxygen atoms in total. The van der Waals surface area contributed by atoms with Gasteiger partial charge in [0.2, 0.25) is 0 Å². The summed E-state index contributed by atoms with van der Waals surface area (Å²) in [7, 11) is 0. The molecule has 0 aromatic heterocycles. The number of hydrogen-bond acceptors (Lipinski definition) is 0. The molecule has 3 rings (SSSR count). The van der Waals surface area contributed by atoms with E-state index in [0.717, 1.165) is 11.8 Å². The van der Waals surface area contributed by atoms with Crippen LogP contribution in [0.4, 0.5) is 0 Å². The molecule has 0 saturated heterocycles. The van der Waals surface area contributed by atoms with Crippen molar-refractivity contribution in [1.29, 1.82) is 0 Å². The van der Waals surface area contributed by atoms with E-state index in [1.165, 1.54) is 75.3 Å². The lowest BCUT2D eigenvalue weighted by atomic mass is 9.83. The third-order valence-corrected chi connectivity index (χ3v) is 6.04. The second-order valence-electron chi connectivity index (χ2n) is 8.05. The van der Waals surface area contributed by atoms with E-state index in [9.17, 15) is 0 Å². The average Bonchev–Trinajstić information content (AvgIpc) is 2.63. The molecule has 0 bridgehead atoms. The summed E-state index contributed by atoms with van der Waals surface area (Å²) in [5.74, 6) is 1.81. The van der Waals surface area contributed by atoms with E-state index in [-0.39, 0.29) is 0 Å². The van der Waals surface area contributed by atoms with Gasteiger partial charge < -0.3 is 0 Å². The van der Waals surface area contributed by atoms with Crippen molar-refractivity contribution in [3.05, 3.63) is 47.5 Å². The summed E-state index contributed by atoms with van der Waals surface area (Å²) in [6.07, 6.45) is 18.4. The van der Waals surface area contributed by atoms with Gasteiger partial charge >= 0.3 is 0 Å². The minimum atomic E-state index is 0.866. The van der Waals surface area contributed by atoms with Crippen molar-refractivity contribution in [1.82, 2.24) is 0 Å². The van der Waals surface area contributed by atoms with Crippen LogP contribution in [0.2, 0.25) is 0 Å². The van der Waals surface area contributed by atoms with Crippen LogP contribution in [-0.4, -0.2) is 0 Å². The molecule has 0 heterocycles. The first-order valence-corrected chi connectivity index (χ1v) is 10.2. The molecule has 1 aromatic rings. The van der Waals surface area contributed by atoms with Crippen LogP contribution in [0.15, 0.2) is 36.4 Å². The number of unbranched alkanes of at least 4 members (excludes halogenated alkanes) is 2. The lowest BCUT2D eigenvalue weighted by Gasteiger charge is -2.22. The fourth-order valence-electron chi connectivity index (χ4n) is 4.22. The van der Waals surface area contributed by atoms with Gasteiger partial charge in [-0.25, -0.2) is 0 Å². The highest BCUT2D eigenvalue weighted by Gasteiger charge is 2.16. The Labute approximate surface area is 149 Å². The van der Waals surface area contributed by atoms with Gasteiger partial charge in [0.05, 0.1) is 0 Å². The fraction of sp³-hybridized carbons (Fsp3) is 0.583. The first-order chi connectivity index (χ1) is 11.8. The molecule has 24 heavy (non-hydrogen) atoms. The maximum Gasteiger partial charge on any atom is -0.0227 e. The molecule has 2 atom stereocenters. The van der Waals surface area contributed by atoms with Crippen LogP contribution in [-0.2, 0) is 0 Å². The van der Waals surface area contributed by atoms with Crippen LogP contribution < -0.4 is 0 Å². The van der Waals surface area contributed by atoms with Gasteiger partial charge in [-0.3, -0.25) is 0 Å². The number of allylic oxidation sites excluding steroid dienone is 4. The average molecular weight is 323 g/mol. The molecule has 0 amide bonds. The molecular formula is C24H34. The Morgan fingerprint density at radius 2 is 1.46 bits per heavy atom. The van der Waals surface area contributed by atoms with Gasteiger partial charge in [-0.15, -0.1) is 0 Å². The maximum atomic E-state index is 2.52. The van der Waals surface area contributed by atoms with E-state index in [1.54, 1.807) is 11.1 Å². The summed E-state index contributed by atoms with van der Waals surface area (Å²) < 4.78 is 0. The molecule has 2 aliphatic rings. The monoisotopic (exact) mass is 322 g/mol. The van der Waals surface area contributed by atoms with Crippen molar-refractivity contribution in [3.63, 3.8) is 0 Å². The summed E-state index contributed by atoms with van der Waals surface area (Å²) in [6.45, 7) is 4.66. The molecular weight excluding hydrogens is 288 g/mol. The van der Waals surface area contributed by atoms with Gasteiger partial charge in [0, 0.05) is 0 Å². The molecule has 130 valence electrons. The van der Waals surface area contributed by atoms with E-state index < -0.39 is 0 Å². The highest BCUT2D eigenvalue weighted by molar-refractivity contribution is 5.71. The first-order valence-electron chi connectivity index (χ1n) is 10.2. The second-order valence-corrected chi connectivity index (χ2v) is 8.05. The van der Waals surface area contributed by atoms with Crippen molar-refractivity contribution in [2.75, 3.05) is 0 Å². The molecule has 0 aliphatic heterocycles. The van der Waals surface area contributed by atoms with Crippen LogP contribution >= 0.6 is 0 Å². The zero-order valence-electron chi connectivity index (χ0n) is 15.7. The fourth-order valence-corrected chi connectivity index (χ4v) is 4.22. The lowest BCUT2D eigenvalue weighted by Crippen LogP contribution is -2.05. The lowest BCUT2D eigenvalue weighted by molar-refractivity contribution is 0.428. The minimum absolute atomic E-state index is 0.866. The van der Waals surface area contributed by atoms with Gasteiger partial charge in [-0.05, 0) is 72.6 Å². The molecule has 1 aromatic carbocycles. The highest BCUT2D eigenvalue weighted by atomic mass is 14.2. The standard InChI is InChI=1S/C24H34/c1-3-4-5-6-20-9-13-22(14-10-20)24-17-15-23(16-18-24)21-11-7-19(2)8-12-21/h11,13,15-20H,3-10,12,14H2,1-2H3. The Balaban J connectivity index is 1.58. The smallest absolute Gasteiger partial charge is 0.0227 e. The maximum absolute atomic E-state index is 2.52. The molecule has 2 aliphatic carbocycles. The van der Waals surface area contributed by atoms with E-state index >= 15 is 0 Å². The SMILES string of the molecule is CCCCCC1CC=C(c2ccc(C3=CCC(C)CC3)cc2)CC1. The van der Waals surface area contributed by atoms with Gasteiger partial charge in [0.15, 0.2) is 0 Å². The van der Waals surface area contributed by atoms with E-state index in [4.69, 9.17) is 0 Å². The van der Waals surface area contributed by atoms with Crippen molar-refractivity contribution in [2.24, 2.45) is 11.8 Å². The Hall–Kier alpha value is -1.30. The Morgan fingerprint density at radius 3 is 1.96 bits per heavy atom. The van der Waals surface area contributed by atoms with Crippen molar-refractivity contribution in [2.45, 2.75) is 78.1 Å². The quantitative estimate of drug-likeness (QED) is 0.472. The molecule has 0 fully saturated rings. The van der Waals surface area contributed by atoms with Crippen LogP contribution in [0, 0.1) is 11.8 Å². The zero-order chi connectivity index (χ0) is 16.8. The van der Waals surface area contributed by atoms with Gasteiger partial charge in [0.1, 0.15) is 0 Å². The van der Waals surface area contributed by atoms with Crippen LogP contribution in [0.25, 0.3) is 11.1 Å². The summed E-state index contributed by atoms with van der Waals surface area (Å²) in [5.41, 5.74) is 6.04. The molecule has 0 radical (unpaired) electrons. The summed E-state index contributed by atoms with van der Waals surface area (Å²) in [6, 6.07) is 9.42. The number of rotatable bonds is 6.